The van der Waals surface area contributed by atoms with Crippen LogP contribution in [0.3, 0.4) is 0 Å². The Morgan fingerprint density at radius 3 is 2.42 bits per heavy atom. The summed E-state index contributed by atoms with van der Waals surface area (Å²) in [7, 11) is -2.72. The SMILES string of the molecule is O=S(=O)=Nc1ccc(F)cc1F. The van der Waals surface area contributed by atoms with Gasteiger partial charge in [-0.3, -0.25) is 0 Å². The highest BCUT2D eigenvalue weighted by molar-refractivity contribution is 7.61. The Bertz CT molecular complexity index is 419. The van der Waals surface area contributed by atoms with Crippen LogP contribution in [0.25, 0.3) is 0 Å². The third kappa shape index (κ3) is 2.09. The van der Waals surface area contributed by atoms with Gasteiger partial charge in [-0.2, -0.15) is 8.42 Å². The van der Waals surface area contributed by atoms with Crippen LogP contribution in [-0.4, -0.2) is 8.42 Å². The van der Waals surface area contributed by atoms with Gasteiger partial charge in [0.05, 0.1) is 0 Å². The Morgan fingerprint density at radius 2 is 1.92 bits per heavy atom. The molecule has 0 bridgehead atoms. The molecule has 0 radical (unpaired) electrons. The fraction of sp³-hybridized carbons (Fsp3) is 0. The lowest BCUT2D eigenvalue weighted by Gasteiger charge is -1.91. The van der Waals surface area contributed by atoms with Crippen LogP contribution in [0.2, 0.25) is 0 Å². The Labute approximate surface area is 68.4 Å². The minimum atomic E-state index is -2.72. The van der Waals surface area contributed by atoms with Gasteiger partial charge in [-0.05, 0) is 12.1 Å². The molecule has 1 rings (SSSR count). The van der Waals surface area contributed by atoms with Crippen LogP contribution >= 0.6 is 0 Å². The highest BCUT2D eigenvalue weighted by atomic mass is 32.2. The second kappa shape index (κ2) is 3.40. The quantitative estimate of drug-likeness (QED) is 0.677. The zero-order valence-corrected chi connectivity index (χ0v) is 6.48. The predicted molar refractivity (Wildman–Crippen MR) is 37.4 cm³/mol. The van der Waals surface area contributed by atoms with E-state index in [9.17, 15) is 17.2 Å². The predicted octanol–water partition coefficient (Wildman–Crippen LogP) is 1.66. The molecule has 0 saturated carbocycles. The van der Waals surface area contributed by atoms with Crippen molar-refractivity contribution in [1.29, 1.82) is 0 Å². The molecular weight excluding hydrogens is 188 g/mol. The Hall–Kier alpha value is -1.30. The number of hydrogen-bond acceptors (Lipinski definition) is 3. The molecule has 0 spiro atoms. The van der Waals surface area contributed by atoms with E-state index in [4.69, 9.17) is 0 Å². The van der Waals surface area contributed by atoms with Gasteiger partial charge in [0.25, 0.3) is 0 Å². The van der Waals surface area contributed by atoms with Crippen LogP contribution in [-0.2, 0) is 10.5 Å². The van der Waals surface area contributed by atoms with Gasteiger partial charge in [0, 0.05) is 6.07 Å². The topological polar surface area (TPSA) is 46.5 Å². The maximum absolute atomic E-state index is 12.6. The molecule has 0 fully saturated rings. The molecule has 12 heavy (non-hydrogen) atoms. The number of halogens is 2. The first-order chi connectivity index (χ1) is 5.59. The Balaban J connectivity index is 3.28. The van der Waals surface area contributed by atoms with Crippen LogP contribution in [0, 0.1) is 11.6 Å². The molecule has 0 unspecified atom stereocenters. The van der Waals surface area contributed by atoms with Crippen molar-refractivity contribution in [3.63, 3.8) is 0 Å². The van der Waals surface area contributed by atoms with Gasteiger partial charge >= 0.3 is 10.5 Å². The third-order valence-corrected chi connectivity index (χ3v) is 1.43. The van der Waals surface area contributed by atoms with Crippen molar-refractivity contribution in [3.8, 4) is 0 Å². The molecule has 0 saturated heterocycles. The van der Waals surface area contributed by atoms with Gasteiger partial charge in [0.2, 0.25) is 0 Å². The standard InChI is InChI=1S/C6H3F2NO2S/c7-4-1-2-6(5(8)3-4)9-12(10)11/h1-3H. The van der Waals surface area contributed by atoms with E-state index in [1.807, 2.05) is 0 Å². The minimum absolute atomic E-state index is 0.398. The zero-order chi connectivity index (χ0) is 9.14. The summed E-state index contributed by atoms with van der Waals surface area (Å²) in [6.45, 7) is 0. The summed E-state index contributed by atoms with van der Waals surface area (Å²) in [5, 5.41) is 0. The Kier molecular flexibility index (Phi) is 2.49. The third-order valence-electron chi connectivity index (χ3n) is 1.08. The summed E-state index contributed by atoms with van der Waals surface area (Å²) in [5.74, 6) is -1.78. The van der Waals surface area contributed by atoms with E-state index >= 15 is 0 Å². The molecular formula is C6H3F2NO2S. The van der Waals surface area contributed by atoms with Gasteiger partial charge in [-0.25, -0.2) is 8.78 Å². The number of nitrogens with zero attached hydrogens (tertiary/aromatic N) is 1. The summed E-state index contributed by atoms with van der Waals surface area (Å²) >= 11 is 0. The fourth-order valence-electron chi connectivity index (χ4n) is 0.636. The largest absolute Gasteiger partial charge is 0.316 e. The average Bonchev–Trinajstić information content (AvgIpc) is 1.94. The lowest BCUT2D eigenvalue weighted by atomic mass is 10.3. The van der Waals surface area contributed by atoms with E-state index in [0.717, 1.165) is 12.1 Å². The zero-order valence-electron chi connectivity index (χ0n) is 5.66. The fourth-order valence-corrected chi connectivity index (χ4v) is 0.944. The van der Waals surface area contributed by atoms with Crippen molar-refractivity contribution in [2.45, 2.75) is 0 Å². The van der Waals surface area contributed by atoms with E-state index < -0.39 is 27.8 Å². The van der Waals surface area contributed by atoms with Gasteiger partial charge in [0.15, 0.2) is 5.82 Å². The van der Waals surface area contributed by atoms with Crippen LogP contribution < -0.4 is 0 Å². The van der Waals surface area contributed by atoms with Crippen molar-refractivity contribution < 1.29 is 17.2 Å². The molecule has 3 nitrogen and oxygen atoms in total. The molecule has 1 aromatic rings. The molecule has 0 N–H and O–H groups in total. The molecule has 0 aliphatic rings. The van der Waals surface area contributed by atoms with Crippen molar-refractivity contribution in [1.82, 2.24) is 0 Å². The number of hydrogen-bond donors (Lipinski definition) is 0. The lowest BCUT2D eigenvalue weighted by molar-refractivity contribution is 0.584. The van der Waals surface area contributed by atoms with Crippen LogP contribution in [0.4, 0.5) is 14.5 Å². The van der Waals surface area contributed by atoms with Crippen LogP contribution in [0.1, 0.15) is 0 Å². The monoisotopic (exact) mass is 191 g/mol. The van der Waals surface area contributed by atoms with Gasteiger partial charge in [0.1, 0.15) is 11.5 Å². The first-order valence-electron chi connectivity index (χ1n) is 2.86. The molecule has 6 heteroatoms. The maximum atomic E-state index is 12.6. The van der Waals surface area contributed by atoms with Crippen molar-refractivity contribution in [2.75, 3.05) is 0 Å². The summed E-state index contributed by atoms with van der Waals surface area (Å²) in [6, 6.07) is 2.43. The van der Waals surface area contributed by atoms with E-state index in [1.54, 1.807) is 0 Å². The second-order valence-electron chi connectivity index (χ2n) is 1.90. The molecule has 64 valence electrons. The number of benzene rings is 1. The highest BCUT2D eigenvalue weighted by Crippen LogP contribution is 2.17. The van der Waals surface area contributed by atoms with Crippen LogP contribution in [0.15, 0.2) is 22.6 Å². The number of rotatable bonds is 1. The van der Waals surface area contributed by atoms with Crippen molar-refractivity contribution in [2.24, 2.45) is 4.36 Å². The Morgan fingerprint density at radius 1 is 1.25 bits per heavy atom. The van der Waals surface area contributed by atoms with Crippen LogP contribution in [0.5, 0.6) is 0 Å². The molecule has 0 amide bonds. The van der Waals surface area contributed by atoms with E-state index in [0.29, 0.717) is 6.07 Å². The molecule has 0 aromatic heterocycles. The summed E-state index contributed by atoms with van der Waals surface area (Å²) in [4.78, 5) is 0. The molecule has 1 aromatic carbocycles. The summed E-state index contributed by atoms with van der Waals surface area (Å²) in [6.07, 6.45) is 0. The minimum Gasteiger partial charge on any atom is -0.207 e. The van der Waals surface area contributed by atoms with Crippen molar-refractivity contribution >= 4 is 16.2 Å². The molecule has 0 aliphatic carbocycles. The van der Waals surface area contributed by atoms with E-state index in [2.05, 4.69) is 4.36 Å². The smallest absolute Gasteiger partial charge is 0.207 e. The first-order valence-corrected chi connectivity index (χ1v) is 3.89. The lowest BCUT2D eigenvalue weighted by Crippen LogP contribution is -1.78. The van der Waals surface area contributed by atoms with Gasteiger partial charge in [-0.1, -0.05) is 0 Å². The normalized spacial score (nSPS) is 9.50. The van der Waals surface area contributed by atoms with Gasteiger partial charge < -0.3 is 0 Å². The summed E-state index contributed by atoms with van der Waals surface area (Å²) < 4.78 is 47.7. The highest BCUT2D eigenvalue weighted by Gasteiger charge is 2.01. The van der Waals surface area contributed by atoms with E-state index in [-0.39, 0.29) is 0 Å². The second-order valence-corrected chi connectivity index (χ2v) is 2.52. The van der Waals surface area contributed by atoms with Crippen molar-refractivity contribution in [3.05, 3.63) is 29.8 Å². The van der Waals surface area contributed by atoms with Gasteiger partial charge in [-0.15, -0.1) is 4.36 Å². The molecule has 0 aliphatic heterocycles. The first kappa shape index (κ1) is 8.79. The maximum Gasteiger partial charge on any atom is 0.316 e. The molecule has 0 atom stereocenters. The molecule has 0 heterocycles. The van der Waals surface area contributed by atoms with E-state index in [1.165, 1.54) is 0 Å². The average molecular weight is 191 g/mol. The summed E-state index contributed by atoms with van der Waals surface area (Å²) in [5.41, 5.74) is -0.398.